The number of nitrogens with one attached hydrogen (secondary N) is 1. The predicted molar refractivity (Wildman–Crippen MR) is 110 cm³/mol. The van der Waals surface area contributed by atoms with Gasteiger partial charge in [-0.25, -0.2) is 24.4 Å². The van der Waals surface area contributed by atoms with Crippen molar-refractivity contribution in [3.05, 3.63) is 36.6 Å². The summed E-state index contributed by atoms with van der Waals surface area (Å²) in [5.74, 6) is -2.22. The number of carbonyl (C=O) groups is 4. The lowest BCUT2D eigenvalue weighted by Crippen LogP contribution is -2.65. The standard InChI is InChI=1S/C21H29N3O7/c1-7-11-29-16(25)14-13-23-10-9-21(6,22-19(28)31-20(3,4)5)18(27)24(23)15(14)17(26)30-12-8-2/h7-8H,1-2,9-13H2,3-6H3,(H,22,28). The molecule has 0 aromatic rings. The highest BCUT2D eigenvalue weighted by Gasteiger charge is 2.52. The van der Waals surface area contributed by atoms with Crippen LogP contribution in [0.25, 0.3) is 0 Å². The molecule has 2 heterocycles. The van der Waals surface area contributed by atoms with E-state index in [2.05, 4.69) is 18.5 Å². The molecular formula is C21H29N3O7. The Balaban J connectivity index is 2.36. The third-order valence-electron chi connectivity index (χ3n) is 4.54. The molecule has 0 saturated carbocycles. The van der Waals surface area contributed by atoms with Crippen LogP contribution in [0.3, 0.4) is 0 Å². The fourth-order valence-electron chi connectivity index (χ4n) is 3.14. The number of fused-ring (bicyclic) bond motifs is 1. The molecule has 1 N–H and O–H groups in total. The number of ether oxygens (including phenoxy) is 3. The lowest BCUT2D eigenvalue weighted by atomic mass is 9.94. The molecule has 10 nitrogen and oxygen atoms in total. The molecule has 2 aliphatic heterocycles. The summed E-state index contributed by atoms with van der Waals surface area (Å²) in [6.45, 7) is 13.7. The van der Waals surface area contributed by atoms with Crippen molar-refractivity contribution in [3.63, 3.8) is 0 Å². The van der Waals surface area contributed by atoms with Gasteiger partial charge < -0.3 is 19.5 Å². The minimum Gasteiger partial charge on any atom is -0.458 e. The van der Waals surface area contributed by atoms with Crippen LogP contribution in [-0.2, 0) is 28.6 Å². The van der Waals surface area contributed by atoms with Crippen molar-refractivity contribution in [2.45, 2.75) is 45.3 Å². The number of carbonyl (C=O) groups excluding carboxylic acids is 4. The normalized spacial score (nSPS) is 21.3. The maximum Gasteiger partial charge on any atom is 0.408 e. The maximum absolute atomic E-state index is 13.4. The second kappa shape index (κ2) is 9.34. The number of alkyl carbamates (subject to hydrolysis) is 1. The van der Waals surface area contributed by atoms with Gasteiger partial charge in [0.2, 0.25) is 0 Å². The van der Waals surface area contributed by atoms with Crippen LogP contribution < -0.4 is 5.32 Å². The smallest absolute Gasteiger partial charge is 0.408 e. The lowest BCUT2D eigenvalue weighted by Gasteiger charge is -2.43. The van der Waals surface area contributed by atoms with Crippen molar-refractivity contribution in [3.8, 4) is 0 Å². The van der Waals surface area contributed by atoms with Crippen LogP contribution in [0.15, 0.2) is 36.6 Å². The minimum absolute atomic E-state index is 0.00854. The Morgan fingerprint density at radius 1 is 1.13 bits per heavy atom. The van der Waals surface area contributed by atoms with Crippen LogP contribution in [0, 0.1) is 0 Å². The van der Waals surface area contributed by atoms with Gasteiger partial charge in [-0.1, -0.05) is 25.3 Å². The van der Waals surface area contributed by atoms with Crippen molar-refractivity contribution < 1.29 is 33.4 Å². The van der Waals surface area contributed by atoms with E-state index in [-0.39, 0.29) is 44.0 Å². The quantitative estimate of drug-likeness (QED) is 0.363. The summed E-state index contributed by atoms with van der Waals surface area (Å²) in [6.07, 6.45) is 2.24. The Bertz CT molecular complexity index is 827. The number of rotatable bonds is 7. The van der Waals surface area contributed by atoms with E-state index in [1.54, 1.807) is 20.8 Å². The van der Waals surface area contributed by atoms with Crippen LogP contribution >= 0.6 is 0 Å². The van der Waals surface area contributed by atoms with E-state index in [0.29, 0.717) is 0 Å². The summed E-state index contributed by atoms with van der Waals surface area (Å²) in [5, 5.41) is 5.21. The van der Waals surface area contributed by atoms with E-state index in [1.165, 1.54) is 24.1 Å². The Hall–Kier alpha value is -3.14. The molecule has 1 fully saturated rings. The molecule has 1 atom stereocenters. The summed E-state index contributed by atoms with van der Waals surface area (Å²) < 4.78 is 15.4. The molecule has 2 rings (SSSR count). The average molecular weight is 435 g/mol. The van der Waals surface area contributed by atoms with Crippen LogP contribution in [-0.4, -0.2) is 71.4 Å². The third kappa shape index (κ3) is 5.52. The Labute approximate surface area is 181 Å². The van der Waals surface area contributed by atoms with E-state index >= 15 is 0 Å². The third-order valence-corrected chi connectivity index (χ3v) is 4.54. The van der Waals surface area contributed by atoms with Crippen LogP contribution in [0.1, 0.15) is 34.1 Å². The van der Waals surface area contributed by atoms with E-state index < -0.39 is 35.1 Å². The van der Waals surface area contributed by atoms with Crippen molar-refractivity contribution >= 4 is 23.9 Å². The SMILES string of the molecule is C=CCOC(=O)C1=C(C(=O)OCC=C)N2C(=O)C(C)(NC(=O)OC(C)(C)C)CCN2C1. The first-order chi connectivity index (χ1) is 14.4. The molecule has 0 aromatic heterocycles. The van der Waals surface area contributed by atoms with Gasteiger partial charge in [-0.2, -0.15) is 0 Å². The number of hydrogen-bond acceptors (Lipinski definition) is 8. The first kappa shape index (κ1) is 24.1. The Morgan fingerprint density at radius 2 is 1.71 bits per heavy atom. The molecule has 0 spiro atoms. The first-order valence-electron chi connectivity index (χ1n) is 9.83. The fourth-order valence-corrected chi connectivity index (χ4v) is 3.14. The zero-order chi connectivity index (χ0) is 23.4. The van der Waals surface area contributed by atoms with Gasteiger partial charge >= 0.3 is 18.0 Å². The molecule has 0 aromatic carbocycles. The summed E-state index contributed by atoms with van der Waals surface area (Å²) in [4.78, 5) is 50.9. The second-order valence-electron chi connectivity index (χ2n) is 8.32. The first-order valence-corrected chi connectivity index (χ1v) is 9.83. The van der Waals surface area contributed by atoms with Crippen LogP contribution in [0.2, 0.25) is 0 Å². The van der Waals surface area contributed by atoms with Crippen molar-refractivity contribution in [1.82, 2.24) is 15.3 Å². The Kier molecular flexibility index (Phi) is 7.27. The van der Waals surface area contributed by atoms with Gasteiger partial charge in [0.25, 0.3) is 5.91 Å². The highest BCUT2D eigenvalue weighted by molar-refractivity contribution is 6.05. The van der Waals surface area contributed by atoms with E-state index in [9.17, 15) is 19.2 Å². The molecule has 2 amide bonds. The molecule has 2 aliphatic rings. The number of amides is 2. The zero-order valence-electron chi connectivity index (χ0n) is 18.4. The van der Waals surface area contributed by atoms with Gasteiger partial charge in [-0.3, -0.25) is 4.79 Å². The van der Waals surface area contributed by atoms with Gasteiger partial charge in [0.05, 0.1) is 12.1 Å². The van der Waals surface area contributed by atoms with E-state index in [4.69, 9.17) is 14.2 Å². The molecule has 10 heteroatoms. The molecular weight excluding hydrogens is 406 g/mol. The summed E-state index contributed by atoms with van der Waals surface area (Å²) in [5.41, 5.74) is -2.36. The Morgan fingerprint density at radius 3 is 2.26 bits per heavy atom. The molecule has 170 valence electrons. The highest BCUT2D eigenvalue weighted by atomic mass is 16.6. The minimum atomic E-state index is -1.36. The predicted octanol–water partition coefficient (Wildman–Crippen LogP) is 1.45. The number of hydrazine groups is 1. The molecule has 1 saturated heterocycles. The van der Waals surface area contributed by atoms with Gasteiger partial charge in [-0.15, -0.1) is 0 Å². The summed E-state index contributed by atoms with van der Waals surface area (Å²) in [7, 11) is 0. The summed E-state index contributed by atoms with van der Waals surface area (Å²) >= 11 is 0. The monoisotopic (exact) mass is 435 g/mol. The van der Waals surface area contributed by atoms with Gasteiger partial charge in [-0.05, 0) is 34.1 Å². The largest absolute Gasteiger partial charge is 0.458 e. The molecule has 0 aliphatic carbocycles. The molecule has 31 heavy (non-hydrogen) atoms. The van der Waals surface area contributed by atoms with Crippen molar-refractivity contribution in [2.24, 2.45) is 0 Å². The van der Waals surface area contributed by atoms with Crippen LogP contribution in [0.5, 0.6) is 0 Å². The zero-order valence-corrected chi connectivity index (χ0v) is 18.4. The van der Waals surface area contributed by atoms with E-state index in [1.807, 2.05) is 0 Å². The fraction of sp³-hybridized carbons (Fsp3) is 0.524. The number of hydrogen-bond donors (Lipinski definition) is 1. The van der Waals surface area contributed by atoms with Gasteiger partial charge in [0.1, 0.15) is 24.4 Å². The molecule has 0 bridgehead atoms. The number of esters is 2. The molecule has 0 radical (unpaired) electrons. The topological polar surface area (TPSA) is 114 Å². The van der Waals surface area contributed by atoms with Gasteiger partial charge in [0.15, 0.2) is 5.70 Å². The molecule has 1 unspecified atom stereocenters. The van der Waals surface area contributed by atoms with Crippen molar-refractivity contribution in [2.75, 3.05) is 26.3 Å². The number of nitrogens with zero attached hydrogens (tertiary/aromatic N) is 2. The highest BCUT2D eigenvalue weighted by Crippen LogP contribution is 2.34. The van der Waals surface area contributed by atoms with Gasteiger partial charge in [0, 0.05) is 6.54 Å². The van der Waals surface area contributed by atoms with Crippen molar-refractivity contribution in [1.29, 1.82) is 0 Å². The van der Waals surface area contributed by atoms with E-state index in [0.717, 1.165) is 5.01 Å². The summed E-state index contributed by atoms with van der Waals surface area (Å²) in [6, 6.07) is 0. The maximum atomic E-state index is 13.4. The second-order valence-corrected chi connectivity index (χ2v) is 8.32. The van der Waals surface area contributed by atoms with Crippen LogP contribution in [0.4, 0.5) is 4.79 Å². The average Bonchev–Trinajstić information content (AvgIpc) is 3.06. The lowest BCUT2D eigenvalue weighted by molar-refractivity contribution is -0.161.